The summed E-state index contributed by atoms with van der Waals surface area (Å²) in [5.41, 5.74) is 1.06. The Morgan fingerprint density at radius 1 is 1.32 bits per heavy atom. The van der Waals surface area contributed by atoms with Gasteiger partial charge < -0.3 is 4.90 Å². The zero-order valence-electron chi connectivity index (χ0n) is 16.2. The van der Waals surface area contributed by atoms with Gasteiger partial charge in [-0.15, -0.1) is 0 Å². The number of amides is 1. The first-order valence-corrected chi connectivity index (χ1v) is 11.0. The number of likely N-dealkylation sites (tertiary alicyclic amines) is 1. The van der Waals surface area contributed by atoms with E-state index in [1.807, 2.05) is 13.8 Å². The molecule has 3 rings (SSSR count). The van der Waals surface area contributed by atoms with E-state index >= 15 is 0 Å². The molecule has 1 atom stereocenters. The van der Waals surface area contributed by atoms with Crippen molar-refractivity contribution < 1.29 is 17.6 Å². The largest absolute Gasteiger partial charge is 0.341 e. The third-order valence-electron chi connectivity index (χ3n) is 5.18. The number of carbonyl (C=O) groups is 1. The molecule has 1 aromatic carbocycles. The first kappa shape index (κ1) is 20.3. The smallest absolute Gasteiger partial charge is 0.232 e. The van der Waals surface area contributed by atoms with E-state index in [0.29, 0.717) is 24.5 Å². The third kappa shape index (κ3) is 4.35. The number of H-pyrrole nitrogens is 1. The standard InChI is InChI=1S/C19H25FN4O3S/c1-19(2,14-6-8-15(20)9-7-14)18(25)24-10-4-5-13(12-24)17-16(11-21-22-17)23-28(3,26)27/h6-9,11,13,23H,4-5,10,12H2,1-3H3,(H,21,22)/t13-/m1/s1. The number of nitrogens with one attached hydrogen (secondary N) is 2. The van der Waals surface area contributed by atoms with Gasteiger partial charge in [0.2, 0.25) is 15.9 Å². The molecule has 1 amide bonds. The quantitative estimate of drug-likeness (QED) is 0.795. The Bertz CT molecular complexity index is 954. The van der Waals surface area contributed by atoms with Crippen LogP contribution in [-0.4, -0.2) is 48.8 Å². The van der Waals surface area contributed by atoms with E-state index in [2.05, 4.69) is 14.9 Å². The Hall–Kier alpha value is -2.42. The lowest BCUT2D eigenvalue weighted by Crippen LogP contribution is -2.47. The van der Waals surface area contributed by atoms with Gasteiger partial charge in [0.15, 0.2) is 0 Å². The Morgan fingerprint density at radius 3 is 2.64 bits per heavy atom. The van der Waals surface area contributed by atoms with E-state index in [1.165, 1.54) is 18.3 Å². The number of rotatable bonds is 5. The van der Waals surface area contributed by atoms with Gasteiger partial charge in [-0.1, -0.05) is 12.1 Å². The lowest BCUT2D eigenvalue weighted by atomic mass is 9.82. The Labute approximate surface area is 164 Å². The van der Waals surface area contributed by atoms with Gasteiger partial charge in [-0.3, -0.25) is 14.6 Å². The van der Waals surface area contributed by atoms with E-state index < -0.39 is 15.4 Å². The molecule has 0 radical (unpaired) electrons. The minimum Gasteiger partial charge on any atom is -0.341 e. The number of aromatic amines is 1. The molecule has 9 heteroatoms. The summed E-state index contributed by atoms with van der Waals surface area (Å²) in [5.74, 6) is -0.426. The van der Waals surface area contributed by atoms with Crippen molar-refractivity contribution in [3.63, 3.8) is 0 Å². The molecule has 1 aliphatic rings. The van der Waals surface area contributed by atoms with Gasteiger partial charge in [0.1, 0.15) is 5.82 Å². The Balaban J connectivity index is 1.79. The molecule has 152 valence electrons. The van der Waals surface area contributed by atoms with Crippen LogP contribution in [0.2, 0.25) is 0 Å². The van der Waals surface area contributed by atoms with E-state index in [-0.39, 0.29) is 17.6 Å². The second-order valence-corrected chi connectivity index (χ2v) is 9.54. The van der Waals surface area contributed by atoms with Gasteiger partial charge in [0.25, 0.3) is 0 Å². The molecule has 7 nitrogen and oxygen atoms in total. The maximum Gasteiger partial charge on any atom is 0.232 e. The van der Waals surface area contributed by atoms with Gasteiger partial charge >= 0.3 is 0 Å². The third-order valence-corrected chi connectivity index (χ3v) is 5.77. The molecule has 0 aliphatic carbocycles. The predicted octanol–water partition coefficient (Wildman–Crippen LogP) is 2.60. The number of carbonyl (C=O) groups excluding carboxylic acids is 1. The number of nitrogens with zero attached hydrogens (tertiary/aromatic N) is 2. The van der Waals surface area contributed by atoms with Crippen molar-refractivity contribution in [3.05, 3.63) is 47.5 Å². The highest BCUT2D eigenvalue weighted by atomic mass is 32.2. The highest BCUT2D eigenvalue weighted by Crippen LogP contribution is 2.33. The second kappa shape index (κ2) is 7.54. The monoisotopic (exact) mass is 408 g/mol. The van der Waals surface area contributed by atoms with Crippen molar-refractivity contribution in [1.82, 2.24) is 15.1 Å². The highest BCUT2D eigenvalue weighted by molar-refractivity contribution is 7.92. The summed E-state index contributed by atoms with van der Waals surface area (Å²) in [7, 11) is -3.42. The van der Waals surface area contributed by atoms with E-state index in [1.54, 1.807) is 17.0 Å². The second-order valence-electron chi connectivity index (χ2n) is 7.79. The molecule has 28 heavy (non-hydrogen) atoms. The highest BCUT2D eigenvalue weighted by Gasteiger charge is 2.37. The first-order chi connectivity index (χ1) is 13.1. The van der Waals surface area contributed by atoms with Crippen LogP contribution in [0.15, 0.2) is 30.5 Å². The molecule has 1 fully saturated rings. The van der Waals surface area contributed by atoms with Crippen molar-refractivity contribution in [2.45, 2.75) is 38.0 Å². The van der Waals surface area contributed by atoms with Crippen LogP contribution < -0.4 is 4.72 Å². The van der Waals surface area contributed by atoms with Crippen molar-refractivity contribution in [3.8, 4) is 0 Å². The summed E-state index contributed by atoms with van der Waals surface area (Å²) in [6, 6.07) is 5.99. The maximum absolute atomic E-state index is 13.2. The van der Waals surface area contributed by atoms with Crippen molar-refractivity contribution in [2.24, 2.45) is 0 Å². The maximum atomic E-state index is 13.2. The van der Waals surface area contributed by atoms with E-state index in [4.69, 9.17) is 0 Å². The fourth-order valence-electron chi connectivity index (χ4n) is 3.67. The topological polar surface area (TPSA) is 95.2 Å². The zero-order valence-corrected chi connectivity index (χ0v) is 17.0. The van der Waals surface area contributed by atoms with E-state index in [0.717, 1.165) is 24.7 Å². The molecule has 2 aromatic rings. The van der Waals surface area contributed by atoms with Gasteiger partial charge in [-0.05, 0) is 44.4 Å². The van der Waals surface area contributed by atoms with Crippen LogP contribution >= 0.6 is 0 Å². The molecule has 1 aromatic heterocycles. The molecule has 0 bridgehead atoms. The molecule has 1 aliphatic heterocycles. The van der Waals surface area contributed by atoms with Gasteiger partial charge in [0.05, 0.1) is 29.2 Å². The van der Waals surface area contributed by atoms with Crippen LogP contribution in [0.5, 0.6) is 0 Å². The van der Waals surface area contributed by atoms with Crippen molar-refractivity contribution in [2.75, 3.05) is 24.1 Å². The molecule has 2 N–H and O–H groups in total. The molecular formula is C19H25FN4O3S. The summed E-state index contributed by atoms with van der Waals surface area (Å²) >= 11 is 0. The van der Waals surface area contributed by atoms with Crippen LogP contribution in [0.1, 0.15) is 43.9 Å². The van der Waals surface area contributed by atoms with Gasteiger partial charge in [0, 0.05) is 19.0 Å². The molecule has 1 saturated heterocycles. The first-order valence-electron chi connectivity index (χ1n) is 9.14. The SMILES string of the molecule is CC(C)(C(=O)N1CCC[C@@H](c2[nH]ncc2NS(C)(=O)=O)C1)c1ccc(F)cc1. The number of hydrogen-bond donors (Lipinski definition) is 2. The van der Waals surface area contributed by atoms with Crippen molar-refractivity contribution >= 4 is 21.6 Å². The zero-order chi connectivity index (χ0) is 20.5. The van der Waals surface area contributed by atoms with Gasteiger partial charge in [-0.25, -0.2) is 12.8 Å². The average Bonchev–Trinajstić information content (AvgIpc) is 3.07. The lowest BCUT2D eigenvalue weighted by Gasteiger charge is -2.37. The van der Waals surface area contributed by atoms with Crippen LogP contribution in [0.4, 0.5) is 10.1 Å². The van der Waals surface area contributed by atoms with Crippen LogP contribution in [0.3, 0.4) is 0 Å². The predicted molar refractivity (Wildman–Crippen MR) is 105 cm³/mol. The average molecular weight is 408 g/mol. The van der Waals surface area contributed by atoms with E-state index in [9.17, 15) is 17.6 Å². The molecule has 0 unspecified atom stereocenters. The Morgan fingerprint density at radius 2 is 2.00 bits per heavy atom. The minimum absolute atomic E-state index is 0.0408. The molecule has 0 saturated carbocycles. The number of aromatic nitrogens is 2. The number of piperidine rings is 1. The minimum atomic E-state index is -3.42. The Kier molecular flexibility index (Phi) is 5.47. The summed E-state index contributed by atoms with van der Waals surface area (Å²) in [6.45, 7) is 4.76. The summed E-state index contributed by atoms with van der Waals surface area (Å²) in [4.78, 5) is 15.0. The van der Waals surface area contributed by atoms with Gasteiger partial charge in [-0.2, -0.15) is 5.10 Å². The van der Waals surface area contributed by atoms with Crippen LogP contribution in [0.25, 0.3) is 0 Å². The van der Waals surface area contributed by atoms with Crippen LogP contribution in [-0.2, 0) is 20.2 Å². The lowest BCUT2D eigenvalue weighted by molar-refractivity contribution is -0.137. The number of benzene rings is 1. The fraction of sp³-hybridized carbons (Fsp3) is 0.474. The number of halogens is 1. The number of hydrogen-bond acceptors (Lipinski definition) is 4. The summed E-state index contributed by atoms with van der Waals surface area (Å²) in [6.07, 6.45) is 4.15. The number of anilines is 1. The number of sulfonamides is 1. The fourth-order valence-corrected chi connectivity index (χ4v) is 4.23. The molecule has 2 heterocycles. The molecular weight excluding hydrogens is 383 g/mol. The summed E-state index contributed by atoms with van der Waals surface area (Å²) in [5, 5.41) is 6.84. The summed E-state index contributed by atoms with van der Waals surface area (Å²) < 4.78 is 38.9. The van der Waals surface area contributed by atoms with Crippen molar-refractivity contribution in [1.29, 1.82) is 0 Å². The molecule has 0 spiro atoms. The van der Waals surface area contributed by atoms with Crippen LogP contribution in [0, 0.1) is 5.82 Å². The normalized spacial score (nSPS) is 18.1.